The number of carbonyl (C=O) groups is 2. The van der Waals surface area contributed by atoms with E-state index in [1.807, 2.05) is 12.1 Å². The summed E-state index contributed by atoms with van der Waals surface area (Å²) in [7, 11) is 1.51. The van der Waals surface area contributed by atoms with E-state index in [0.717, 1.165) is 10.9 Å². The molecule has 18 heavy (non-hydrogen) atoms. The summed E-state index contributed by atoms with van der Waals surface area (Å²) in [6.45, 7) is -0.0554. The van der Waals surface area contributed by atoms with Crippen molar-refractivity contribution in [1.82, 2.24) is 15.6 Å². The quantitative estimate of drug-likeness (QED) is 0.583. The SMILES string of the molecule is CNC(=O)CNC(=O)c1cc2cccc(N)c2[nH]1. The first-order valence-electron chi connectivity index (χ1n) is 5.48. The van der Waals surface area contributed by atoms with Crippen LogP contribution in [0.4, 0.5) is 5.69 Å². The zero-order chi connectivity index (χ0) is 13.1. The maximum atomic E-state index is 11.8. The Balaban J connectivity index is 2.18. The number of aromatic amines is 1. The van der Waals surface area contributed by atoms with Gasteiger partial charge in [0.05, 0.1) is 17.7 Å². The molecule has 5 N–H and O–H groups in total. The highest BCUT2D eigenvalue weighted by atomic mass is 16.2. The second-order valence-corrected chi connectivity index (χ2v) is 3.85. The normalized spacial score (nSPS) is 10.3. The summed E-state index contributed by atoms with van der Waals surface area (Å²) >= 11 is 0. The van der Waals surface area contributed by atoms with Crippen molar-refractivity contribution in [3.8, 4) is 0 Å². The molecule has 0 spiro atoms. The molecule has 0 saturated heterocycles. The number of hydrogen-bond donors (Lipinski definition) is 4. The molecular formula is C12H14N4O2. The third-order valence-electron chi connectivity index (χ3n) is 2.62. The van der Waals surface area contributed by atoms with Crippen molar-refractivity contribution in [2.75, 3.05) is 19.3 Å². The van der Waals surface area contributed by atoms with Crippen molar-refractivity contribution in [1.29, 1.82) is 0 Å². The van der Waals surface area contributed by atoms with E-state index < -0.39 is 0 Å². The molecule has 0 unspecified atom stereocenters. The van der Waals surface area contributed by atoms with Crippen molar-refractivity contribution < 1.29 is 9.59 Å². The van der Waals surface area contributed by atoms with Crippen LogP contribution in [0.3, 0.4) is 0 Å². The van der Waals surface area contributed by atoms with Gasteiger partial charge < -0.3 is 21.4 Å². The number of para-hydroxylation sites is 1. The van der Waals surface area contributed by atoms with Gasteiger partial charge in [0.25, 0.3) is 5.91 Å². The number of H-pyrrole nitrogens is 1. The number of rotatable bonds is 3. The van der Waals surface area contributed by atoms with E-state index in [9.17, 15) is 9.59 Å². The van der Waals surface area contributed by atoms with E-state index >= 15 is 0 Å². The number of benzene rings is 1. The van der Waals surface area contributed by atoms with Crippen LogP contribution in [0.2, 0.25) is 0 Å². The highest BCUT2D eigenvalue weighted by Gasteiger charge is 2.11. The molecule has 94 valence electrons. The number of carbonyl (C=O) groups excluding carboxylic acids is 2. The Morgan fingerprint density at radius 1 is 1.39 bits per heavy atom. The molecule has 6 nitrogen and oxygen atoms in total. The Morgan fingerprint density at radius 3 is 2.83 bits per heavy atom. The second-order valence-electron chi connectivity index (χ2n) is 3.85. The third-order valence-corrected chi connectivity index (χ3v) is 2.62. The van der Waals surface area contributed by atoms with Crippen molar-refractivity contribution in [2.45, 2.75) is 0 Å². The van der Waals surface area contributed by atoms with Crippen LogP contribution < -0.4 is 16.4 Å². The van der Waals surface area contributed by atoms with E-state index in [1.54, 1.807) is 12.1 Å². The Hall–Kier alpha value is -2.50. The lowest BCUT2D eigenvalue weighted by atomic mass is 10.2. The molecule has 0 saturated carbocycles. The van der Waals surface area contributed by atoms with Gasteiger partial charge in [0.15, 0.2) is 0 Å². The average molecular weight is 246 g/mol. The average Bonchev–Trinajstić information content (AvgIpc) is 2.81. The number of aromatic nitrogens is 1. The van der Waals surface area contributed by atoms with Gasteiger partial charge in [-0.2, -0.15) is 0 Å². The van der Waals surface area contributed by atoms with Crippen LogP contribution in [0, 0.1) is 0 Å². The Labute approximate surface area is 104 Å². The van der Waals surface area contributed by atoms with Crippen LogP contribution in [0.5, 0.6) is 0 Å². The smallest absolute Gasteiger partial charge is 0.268 e. The number of amides is 2. The molecule has 1 heterocycles. The molecule has 0 aliphatic carbocycles. The van der Waals surface area contributed by atoms with Gasteiger partial charge in [-0.05, 0) is 12.1 Å². The Kier molecular flexibility index (Phi) is 3.18. The fraction of sp³-hybridized carbons (Fsp3) is 0.167. The van der Waals surface area contributed by atoms with E-state index in [0.29, 0.717) is 11.4 Å². The van der Waals surface area contributed by atoms with Crippen molar-refractivity contribution in [3.05, 3.63) is 30.0 Å². The van der Waals surface area contributed by atoms with Gasteiger partial charge in [-0.25, -0.2) is 0 Å². The fourth-order valence-corrected chi connectivity index (χ4v) is 1.65. The van der Waals surface area contributed by atoms with E-state index in [-0.39, 0.29) is 18.4 Å². The Bertz CT molecular complexity index is 603. The lowest BCUT2D eigenvalue weighted by Crippen LogP contribution is -2.35. The number of nitrogens with one attached hydrogen (secondary N) is 3. The van der Waals surface area contributed by atoms with Gasteiger partial charge >= 0.3 is 0 Å². The number of likely N-dealkylation sites (N-methyl/N-ethyl adjacent to an activating group) is 1. The van der Waals surface area contributed by atoms with Gasteiger partial charge in [-0.1, -0.05) is 12.1 Å². The zero-order valence-electron chi connectivity index (χ0n) is 9.91. The highest BCUT2D eigenvalue weighted by Crippen LogP contribution is 2.20. The van der Waals surface area contributed by atoms with Crippen molar-refractivity contribution >= 4 is 28.4 Å². The molecule has 0 atom stereocenters. The molecule has 1 aromatic carbocycles. The van der Waals surface area contributed by atoms with Crippen molar-refractivity contribution in [2.24, 2.45) is 0 Å². The van der Waals surface area contributed by atoms with E-state index in [4.69, 9.17) is 5.73 Å². The summed E-state index contributed by atoms with van der Waals surface area (Å²) in [5.41, 5.74) is 7.47. The molecule has 0 aliphatic rings. The molecule has 0 radical (unpaired) electrons. The maximum Gasteiger partial charge on any atom is 0.268 e. The topological polar surface area (TPSA) is 100 Å². The minimum atomic E-state index is -0.339. The monoisotopic (exact) mass is 246 g/mol. The first-order chi connectivity index (χ1) is 8.61. The van der Waals surface area contributed by atoms with Crippen molar-refractivity contribution in [3.63, 3.8) is 0 Å². The molecule has 0 aliphatic heterocycles. The van der Waals surface area contributed by atoms with Gasteiger partial charge in [0, 0.05) is 12.4 Å². The van der Waals surface area contributed by atoms with Gasteiger partial charge in [0.2, 0.25) is 5.91 Å². The summed E-state index contributed by atoms with van der Waals surface area (Å²) in [5.74, 6) is -0.590. The molecule has 2 amide bonds. The number of fused-ring (bicyclic) bond motifs is 1. The second kappa shape index (κ2) is 4.79. The van der Waals surface area contributed by atoms with Crippen LogP contribution in [-0.4, -0.2) is 30.4 Å². The summed E-state index contributed by atoms with van der Waals surface area (Å²) in [4.78, 5) is 25.7. The van der Waals surface area contributed by atoms with Crippen LogP contribution in [0.25, 0.3) is 10.9 Å². The Morgan fingerprint density at radius 2 is 2.17 bits per heavy atom. The number of nitrogen functional groups attached to an aromatic ring is 1. The third kappa shape index (κ3) is 2.27. The van der Waals surface area contributed by atoms with Gasteiger partial charge in [0.1, 0.15) is 5.69 Å². The predicted molar refractivity (Wildman–Crippen MR) is 69.1 cm³/mol. The fourth-order valence-electron chi connectivity index (χ4n) is 1.65. The van der Waals surface area contributed by atoms with E-state index in [1.165, 1.54) is 7.05 Å². The molecule has 6 heteroatoms. The molecule has 0 bridgehead atoms. The minimum absolute atomic E-state index is 0.0554. The largest absolute Gasteiger partial charge is 0.397 e. The summed E-state index contributed by atoms with van der Waals surface area (Å²) in [5, 5.41) is 5.79. The predicted octanol–water partition coefficient (Wildman–Crippen LogP) is 0.226. The van der Waals surface area contributed by atoms with Crippen LogP contribution in [0.15, 0.2) is 24.3 Å². The first-order valence-corrected chi connectivity index (χ1v) is 5.48. The zero-order valence-corrected chi connectivity index (χ0v) is 9.91. The highest BCUT2D eigenvalue weighted by molar-refractivity contribution is 6.01. The van der Waals surface area contributed by atoms with Crippen LogP contribution >= 0.6 is 0 Å². The summed E-state index contributed by atoms with van der Waals surface area (Å²) in [6, 6.07) is 7.13. The molecule has 2 aromatic rings. The first kappa shape index (κ1) is 12.0. The molecule has 1 aromatic heterocycles. The molecule has 0 fully saturated rings. The van der Waals surface area contributed by atoms with Gasteiger partial charge in [-0.3, -0.25) is 9.59 Å². The lowest BCUT2D eigenvalue weighted by molar-refractivity contribution is -0.119. The number of nitrogens with two attached hydrogens (primary N) is 1. The van der Waals surface area contributed by atoms with Crippen LogP contribution in [-0.2, 0) is 4.79 Å². The molecule has 2 rings (SSSR count). The minimum Gasteiger partial charge on any atom is -0.397 e. The van der Waals surface area contributed by atoms with Crippen LogP contribution in [0.1, 0.15) is 10.5 Å². The number of anilines is 1. The summed E-state index contributed by atoms with van der Waals surface area (Å²) in [6.07, 6.45) is 0. The number of hydrogen-bond acceptors (Lipinski definition) is 3. The van der Waals surface area contributed by atoms with Gasteiger partial charge in [-0.15, -0.1) is 0 Å². The molecular weight excluding hydrogens is 232 g/mol. The van der Waals surface area contributed by atoms with E-state index in [2.05, 4.69) is 15.6 Å². The maximum absolute atomic E-state index is 11.8. The summed E-state index contributed by atoms with van der Waals surface area (Å²) < 4.78 is 0. The standard InChI is InChI=1S/C12H14N4O2/c1-14-10(17)6-15-12(18)9-5-7-3-2-4-8(13)11(7)16-9/h2-5,16H,6,13H2,1H3,(H,14,17)(H,15,18). The lowest BCUT2D eigenvalue weighted by Gasteiger charge is -2.01.